The van der Waals surface area contributed by atoms with Crippen molar-refractivity contribution in [3.05, 3.63) is 52.8 Å². The van der Waals surface area contributed by atoms with Gasteiger partial charge in [-0.1, -0.05) is 22.9 Å². The van der Waals surface area contributed by atoms with Gasteiger partial charge in [0.15, 0.2) is 5.13 Å². The number of halogens is 3. The molecule has 34 heavy (non-hydrogen) atoms. The molecule has 0 N–H and O–H groups in total. The van der Waals surface area contributed by atoms with Crippen LogP contribution in [-0.2, 0) is 9.59 Å². The van der Waals surface area contributed by atoms with Crippen LogP contribution < -0.4 is 9.80 Å². The van der Waals surface area contributed by atoms with Crippen molar-refractivity contribution in [2.75, 3.05) is 43.5 Å². The standard InChI is InChI=1S/C24H26ClFN4O2S.ClH/c1-15-19(25)9-10-20-22(15)27-24(33-20)29(12-4-11-28(2)3)23(32)16-13-21(31)30(14-16)18-7-5-17(26)6-8-18;/h5-10,16H,4,11-14H2,1-3H3;1H. The Morgan fingerprint density at radius 3 is 2.59 bits per heavy atom. The van der Waals surface area contributed by atoms with Crippen molar-refractivity contribution in [1.82, 2.24) is 9.88 Å². The Balaban J connectivity index is 0.00000324. The number of carbonyl (C=O) groups excluding carboxylic acids is 2. The highest BCUT2D eigenvalue weighted by Gasteiger charge is 2.38. The fourth-order valence-corrected chi connectivity index (χ4v) is 5.22. The summed E-state index contributed by atoms with van der Waals surface area (Å²) in [4.78, 5) is 36.4. The number of thiazole rings is 1. The molecule has 1 aliphatic rings. The Morgan fingerprint density at radius 2 is 1.91 bits per heavy atom. The summed E-state index contributed by atoms with van der Waals surface area (Å²) in [5.41, 5.74) is 2.28. The van der Waals surface area contributed by atoms with E-state index < -0.39 is 5.92 Å². The third-order valence-electron chi connectivity index (χ3n) is 5.83. The molecule has 6 nitrogen and oxygen atoms in total. The molecule has 3 aromatic rings. The average molecular weight is 525 g/mol. The first-order valence-corrected chi connectivity index (χ1v) is 12.0. The Morgan fingerprint density at radius 1 is 1.21 bits per heavy atom. The Kier molecular flexibility index (Phi) is 8.52. The number of amides is 2. The van der Waals surface area contributed by atoms with Gasteiger partial charge in [0, 0.05) is 30.2 Å². The highest BCUT2D eigenvalue weighted by atomic mass is 35.5. The number of carbonyl (C=O) groups is 2. The number of rotatable bonds is 7. The van der Waals surface area contributed by atoms with Crippen LogP contribution in [0.15, 0.2) is 36.4 Å². The maximum absolute atomic E-state index is 13.6. The molecule has 0 saturated carbocycles. The lowest BCUT2D eigenvalue weighted by molar-refractivity contribution is -0.124. The molecule has 2 amide bonds. The number of aryl methyl sites for hydroxylation is 1. The predicted octanol–water partition coefficient (Wildman–Crippen LogP) is 5.16. The van der Waals surface area contributed by atoms with Gasteiger partial charge in [-0.2, -0.15) is 0 Å². The van der Waals surface area contributed by atoms with Crippen LogP contribution in [0.1, 0.15) is 18.4 Å². The van der Waals surface area contributed by atoms with E-state index in [9.17, 15) is 14.0 Å². The van der Waals surface area contributed by atoms with Crippen LogP contribution in [0.25, 0.3) is 10.2 Å². The lowest BCUT2D eigenvalue weighted by atomic mass is 10.1. The van der Waals surface area contributed by atoms with Gasteiger partial charge in [0.25, 0.3) is 0 Å². The molecule has 0 spiro atoms. The van der Waals surface area contributed by atoms with E-state index in [0.717, 1.165) is 28.7 Å². The van der Waals surface area contributed by atoms with E-state index in [4.69, 9.17) is 16.6 Å². The summed E-state index contributed by atoms with van der Waals surface area (Å²) >= 11 is 7.73. The summed E-state index contributed by atoms with van der Waals surface area (Å²) in [7, 11) is 3.98. The summed E-state index contributed by atoms with van der Waals surface area (Å²) in [5.74, 6) is -1.11. The van der Waals surface area contributed by atoms with Crippen molar-refractivity contribution in [3.8, 4) is 0 Å². The van der Waals surface area contributed by atoms with Crippen molar-refractivity contribution in [1.29, 1.82) is 0 Å². The molecule has 1 aliphatic heterocycles. The molecule has 1 aromatic heterocycles. The number of aromatic nitrogens is 1. The molecule has 0 aliphatic carbocycles. The minimum Gasteiger partial charge on any atom is -0.312 e. The van der Waals surface area contributed by atoms with Gasteiger partial charge in [0.05, 0.1) is 16.1 Å². The van der Waals surface area contributed by atoms with E-state index in [1.165, 1.54) is 23.5 Å². The molecule has 1 fully saturated rings. The van der Waals surface area contributed by atoms with E-state index >= 15 is 0 Å². The van der Waals surface area contributed by atoms with Gasteiger partial charge in [-0.25, -0.2) is 9.37 Å². The number of hydrogen-bond acceptors (Lipinski definition) is 5. The van der Waals surface area contributed by atoms with Gasteiger partial charge in [-0.05, 0) is 75.9 Å². The first-order valence-electron chi connectivity index (χ1n) is 10.8. The summed E-state index contributed by atoms with van der Waals surface area (Å²) in [6.07, 6.45) is 0.896. The fourth-order valence-electron chi connectivity index (χ4n) is 4.01. The van der Waals surface area contributed by atoms with E-state index in [2.05, 4.69) is 4.90 Å². The summed E-state index contributed by atoms with van der Waals surface area (Å²) in [6, 6.07) is 9.53. The van der Waals surface area contributed by atoms with Crippen LogP contribution in [-0.4, -0.2) is 55.4 Å². The van der Waals surface area contributed by atoms with Crippen molar-refractivity contribution >= 4 is 68.2 Å². The third-order valence-corrected chi connectivity index (χ3v) is 7.29. The maximum atomic E-state index is 13.6. The lowest BCUT2D eigenvalue weighted by Gasteiger charge is -2.24. The van der Waals surface area contributed by atoms with Crippen LogP contribution in [0.3, 0.4) is 0 Å². The minimum atomic E-state index is -0.487. The second kappa shape index (κ2) is 11.0. The van der Waals surface area contributed by atoms with Gasteiger partial charge in [0.1, 0.15) is 5.82 Å². The quantitative estimate of drug-likeness (QED) is 0.428. The summed E-state index contributed by atoms with van der Waals surface area (Å²) < 4.78 is 14.3. The number of hydrogen-bond donors (Lipinski definition) is 0. The maximum Gasteiger partial charge on any atom is 0.234 e. The number of fused-ring (bicyclic) bond motifs is 1. The second-order valence-electron chi connectivity index (χ2n) is 8.54. The average Bonchev–Trinajstić information content (AvgIpc) is 3.38. The largest absolute Gasteiger partial charge is 0.312 e. The molecule has 0 bridgehead atoms. The number of nitrogens with zero attached hydrogens (tertiary/aromatic N) is 4. The molecule has 10 heteroatoms. The van der Waals surface area contributed by atoms with Crippen molar-refractivity contribution < 1.29 is 14.0 Å². The summed E-state index contributed by atoms with van der Waals surface area (Å²) in [6.45, 7) is 3.52. The van der Waals surface area contributed by atoms with Gasteiger partial charge >= 0.3 is 0 Å². The zero-order chi connectivity index (χ0) is 23.7. The molecule has 1 unspecified atom stereocenters. The van der Waals surface area contributed by atoms with E-state index in [0.29, 0.717) is 22.4 Å². The van der Waals surface area contributed by atoms with E-state index in [1.807, 2.05) is 33.2 Å². The molecule has 2 heterocycles. The lowest BCUT2D eigenvalue weighted by Crippen LogP contribution is -2.39. The van der Waals surface area contributed by atoms with E-state index in [1.54, 1.807) is 21.9 Å². The molecule has 0 radical (unpaired) electrons. The predicted molar refractivity (Wildman–Crippen MR) is 139 cm³/mol. The van der Waals surface area contributed by atoms with E-state index in [-0.39, 0.29) is 43.0 Å². The molecule has 1 saturated heterocycles. The third kappa shape index (κ3) is 5.51. The molecular formula is C24H27Cl2FN4O2S. The van der Waals surface area contributed by atoms with Gasteiger partial charge in [0.2, 0.25) is 11.8 Å². The van der Waals surface area contributed by atoms with Gasteiger partial charge in [-0.3, -0.25) is 14.5 Å². The molecule has 182 valence electrons. The topological polar surface area (TPSA) is 56.8 Å². The monoisotopic (exact) mass is 524 g/mol. The molecule has 4 rings (SSSR count). The Hall–Kier alpha value is -2.26. The highest BCUT2D eigenvalue weighted by molar-refractivity contribution is 7.22. The van der Waals surface area contributed by atoms with Crippen molar-refractivity contribution in [3.63, 3.8) is 0 Å². The zero-order valence-corrected chi connectivity index (χ0v) is 21.6. The van der Waals surface area contributed by atoms with Crippen LogP contribution in [0.2, 0.25) is 5.02 Å². The first kappa shape index (κ1) is 26.3. The van der Waals surface area contributed by atoms with Crippen molar-refractivity contribution in [2.45, 2.75) is 19.8 Å². The zero-order valence-electron chi connectivity index (χ0n) is 19.3. The van der Waals surface area contributed by atoms with Crippen molar-refractivity contribution in [2.24, 2.45) is 5.92 Å². The highest BCUT2D eigenvalue weighted by Crippen LogP contribution is 2.35. The first-order chi connectivity index (χ1) is 15.7. The van der Waals surface area contributed by atoms with Gasteiger partial charge in [-0.15, -0.1) is 12.4 Å². The SMILES string of the molecule is Cc1c(Cl)ccc2sc(N(CCCN(C)C)C(=O)C3CC(=O)N(c4ccc(F)cc4)C3)nc12.Cl. The minimum absolute atomic E-state index is 0. The molecular weight excluding hydrogens is 498 g/mol. The smallest absolute Gasteiger partial charge is 0.234 e. The molecule has 2 aromatic carbocycles. The summed E-state index contributed by atoms with van der Waals surface area (Å²) in [5, 5.41) is 1.26. The Labute approximate surface area is 213 Å². The fraction of sp³-hybridized carbons (Fsp3) is 0.375. The number of benzene rings is 2. The normalized spacial score (nSPS) is 15.8. The van der Waals surface area contributed by atoms with Crippen LogP contribution in [0, 0.1) is 18.7 Å². The van der Waals surface area contributed by atoms with Crippen LogP contribution >= 0.6 is 35.3 Å². The van der Waals surface area contributed by atoms with Crippen LogP contribution in [0.5, 0.6) is 0 Å². The second-order valence-corrected chi connectivity index (χ2v) is 9.96. The number of anilines is 2. The van der Waals surface area contributed by atoms with Gasteiger partial charge < -0.3 is 9.80 Å². The van der Waals surface area contributed by atoms with Crippen LogP contribution in [0.4, 0.5) is 15.2 Å². The Bertz CT molecular complexity index is 1190. The molecule has 1 atom stereocenters.